The van der Waals surface area contributed by atoms with E-state index in [1.165, 1.54) is 37.9 Å². The molecule has 4 rings (SSSR count). The summed E-state index contributed by atoms with van der Waals surface area (Å²) >= 11 is 3.92. The molecule has 0 bridgehead atoms. The normalized spacial score (nSPS) is 28.1. The van der Waals surface area contributed by atoms with Crippen LogP contribution in [0.3, 0.4) is 0 Å². The van der Waals surface area contributed by atoms with Crippen LogP contribution in [0.4, 0.5) is 0 Å². The van der Waals surface area contributed by atoms with E-state index in [0.29, 0.717) is 5.92 Å². The van der Waals surface area contributed by atoms with Crippen LogP contribution < -0.4 is 0 Å². The van der Waals surface area contributed by atoms with Crippen molar-refractivity contribution >= 4 is 15.9 Å². The Balaban J connectivity index is 0.00000109. The quantitative estimate of drug-likeness (QED) is 0.340. The first-order valence-electron chi connectivity index (χ1n) is 9.94. The van der Waals surface area contributed by atoms with Gasteiger partial charge in [-0.2, -0.15) is 0 Å². The second-order valence-electron chi connectivity index (χ2n) is 10.3. The van der Waals surface area contributed by atoms with Crippen molar-refractivity contribution in [1.29, 1.82) is 0 Å². The second-order valence-corrected chi connectivity index (χ2v) is 11.2. The number of hydrogen-bond acceptors (Lipinski definition) is 0. The molecule has 0 spiro atoms. The Morgan fingerprint density at radius 2 is 1.36 bits per heavy atom. The van der Waals surface area contributed by atoms with Gasteiger partial charge in [-0.15, -0.1) is 12.8 Å². The van der Waals surface area contributed by atoms with Crippen LogP contribution in [-0.4, -0.2) is 0 Å². The zero-order valence-corrected chi connectivity index (χ0v) is 19.7. The first kappa shape index (κ1) is 20.9. The minimum atomic E-state index is 0.0121. The number of halogens is 1. The van der Waals surface area contributed by atoms with Crippen LogP contribution in [0.15, 0.2) is 80.5 Å². The van der Waals surface area contributed by atoms with Crippen molar-refractivity contribution in [2.45, 2.75) is 48.5 Å². The summed E-state index contributed by atoms with van der Waals surface area (Å²) in [5, 5.41) is 0. The molecule has 1 heteroatoms. The Labute approximate surface area is 179 Å². The predicted molar refractivity (Wildman–Crippen MR) is 126 cm³/mol. The van der Waals surface area contributed by atoms with Crippen molar-refractivity contribution in [2.24, 2.45) is 22.2 Å². The summed E-state index contributed by atoms with van der Waals surface area (Å²) in [6.07, 6.45) is 24.8. The maximum absolute atomic E-state index is 4.00. The number of hydrogen-bond donors (Lipinski definition) is 0. The van der Waals surface area contributed by atoms with E-state index in [-0.39, 0.29) is 16.2 Å². The highest BCUT2D eigenvalue weighted by atomic mass is 79.9. The molecule has 0 fully saturated rings. The SMILES string of the molecule is C#C.CC(C)(C)C1=CC2=CC(Br)=C3C=C(C(C)(C)C)C=C4C=CC(=C1)C2[C@@]43C. The first-order valence-corrected chi connectivity index (χ1v) is 10.7. The summed E-state index contributed by atoms with van der Waals surface area (Å²) in [7, 11) is 0. The summed E-state index contributed by atoms with van der Waals surface area (Å²) in [4.78, 5) is 0. The number of terminal acetylenes is 1. The van der Waals surface area contributed by atoms with Gasteiger partial charge in [-0.1, -0.05) is 101 Å². The lowest BCUT2D eigenvalue weighted by Gasteiger charge is -2.50. The van der Waals surface area contributed by atoms with Gasteiger partial charge in [-0.25, -0.2) is 0 Å². The Hall–Kier alpha value is -1.78. The Morgan fingerprint density at radius 1 is 0.786 bits per heavy atom. The molecule has 0 amide bonds. The maximum Gasteiger partial charge on any atom is 0.0295 e. The minimum Gasteiger partial charge on any atom is -0.124 e. The van der Waals surface area contributed by atoms with Crippen LogP contribution in [0.2, 0.25) is 0 Å². The lowest BCUT2D eigenvalue weighted by atomic mass is 9.53. The van der Waals surface area contributed by atoms with E-state index in [2.05, 4.69) is 120 Å². The predicted octanol–water partition coefficient (Wildman–Crippen LogP) is 7.84. The highest BCUT2D eigenvalue weighted by Gasteiger charge is 2.50. The lowest BCUT2D eigenvalue weighted by Crippen LogP contribution is -2.40. The Bertz CT molecular complexity index is 952. The average Bonchev–Trinajstić information content (AvgIpc) is 2.59. The van der Waals surface area contributed by atoms with E-state index in [1.807, 2.05) is 0 Å². The molecule has 1 unspecified atom stereocenters. The van der Waals surface area contributed by atoms with Gasteiger partial charge >= 0.3 is 0 Å². The van der Waals surface area contributed by atoms with Gasteiger partial charge in [0, 0.05) is 15.8 Å². The fourth-order valence-electron chi connectivity index (χ4n) is 4.65. The van der Waals surface area contributed by atoms with Crippen LogP contribution in [-0.2, 0) is 0 Å². The van der Waals surface area contributed by atoms with E-state index in [4.69, 9.17) is 0 Å². The third kappa shape index (κ3) is 3.07. The molecule has 4 aliphatic rings. The van der Waals surface area contributed by atoms with Gasteiger partial charge in [0.1, 0.15) is 0 Å². The molecule has 28 heavy (non-hydrogen) atoms. The van der Waals surface area contributed by atoms with E-state index < -0.39 is 0 Å². The highest BCUT2D eigenvalue weighted by Crippen LogP contribution is 2.61. The molecule has 0 saturated carbocycles. The van der Waals surface area contributed by atoms with Crippen molar-refractivity contribution in [1.82, 2.24) is 0 Å². The molecule has 0 radical (unpaired) electrons. The van der Waals surface area contributed by atoms with Gasteiger partial charge in [-0.3, -0.25) is 0 Å². The summed E-state index contributed by atoms with van der Waals surface area (Å²) in [5.41, 5.74) is 8.91. The summed E-state index contributed by atoms with van der Waals surface area (Å²) in [6, 6.07) is 0. The van der Waals surface area contributed by atoms with E-state index in [0.717, 1.165) is 0 Å². The van der Waals surface area contributed by atoms with Crippen molar-refractivity contribution in [2.75, 3.05) is 0 Å². The standard InChI is InChI=1S/C25H29Br.C2H2/c1-23(2,3)18-10-15-8-9-17-13-19(24(4,5)6)14-20-21(26)12-16(11-18)22(15)25(17,20)7;1-2/h8-14,22H,1-7H3;1-2H/t22?,25-;/m0./s1. The van der Waals surface area contributed by atoms with E-state index in [1.54, 1.807) is 0 Å². The zero-order valence-electron chi connectivity index (χ0n) is 18.2. The maximum atomic E-state index is 4.00. The van der Waals surface area contributed by atoms with Crippen LogP contribution in [0.5, 0.6) is 0 Å². The van der Waals surface area contributed by atoms with Gasteiger partial charge in [0.2, 0.25) is 0 Å². The second kappa shape index (κ2) is 6.64. The van der Waals surface area contributed by atoms with Crippen molar-refractivity contribution in [3.05, 3.63) is 80.5 Å². The van der Waals surface area contributed by atoms with E-state index in [9.17, 15) is 0 Å². The number of rotatable bonds is 0. The van der Waals surface area contributed by atoms with Crippen LogP contribution in [0.25, 0.3) is 0 Å². The lowest BCUT2D eigenvalue weighted by molar-refractivity contribution is 0.371. The van der Waals surface area contributed by atoms with Crippen molar-refractivity contribution in [3.63, 3.8) is 0 Å². The van der Waals surface area contributed by atoms with Gasteiger partial charge in [0.25, 0.3) is 0 Å². The number of allylic oxidation sites excluding steroid dienone is 14. The van der Waals surface area contributed by atoms with Crippen LogP contribution in [0.1, 0.15) is 48.5 Å². The largest absolute Gasteiger partial charge is 0.124 e. The first-order chi connectivity index (χ1) is 12.9. The molecule has 0 aromatic carbocycles. The Kier molecular flexibility index (Phi) is 4.96. The molecule has 2 atom stereocenters. The average molecular weight is 435 g/mol. The molecule has 0 heterocycles. The molecule has 0 N–H and O–H groups in total. The monoisotopic (exact) mass is 434 g/mol. The molecular formula is C27H31Br. The van der Waals surface area contributed by atoms with Gasteiger partial charge < -0.3 is 0 Å². The third-order valence-electron chi connectivity index (χ3n) is 6.40. The van der Waals surface area contributed by atoms with E-state index >= 15 is 0 Å². The summed E-state index contributed by atoms with van der Waals surface area (Å²) < 4.78 is 1.24. The molecule has 0 aliphatic heterocycles. The topological polar surface area (TPSA) is 0 Å². The van der Waals surface area contributed by atoms with Gasteiger partial charge in [0.15, 0.2) is 0 Å². The molecule has 146 valence electrons. The molecule has 0 nitrogen and oxygen atoms in total. The van der Waals surface area contributed by atoms with Gasteiger partial charge in [-0.05, 0) is 50.3 Å². The fraction of sp³-hybridized carbons (Fsp3) is 0.407. The van der Waals surface area contributed by atoms with Crippen molar-refractivity contribution in [3.8, 4) is 12.8 Å². The Morgan fingerprint density at radius 3 is 1.93 bits per heavy atom. The molecular weight excluding hydrogens is 404 g/mol. The molecule has 0 aromatic heterocycles. The molecule has 0 aromatic rings. The fourth-order valence-corrected chi connectivity index (χ4v) is 5.44. The van der Waals surface area contributed by atoms with Crippen molar-refractivity contribution < 1.29 is 0 Å². The molecule has 4 aliphatic carbocycles. The smallest absolute Gasteiger partial charge is 0.0295 e. The molecule has 0 saturated heterocycles. The summed E-state index contributed by atoms with van der Waals surface area (Å²) in [5.74, 6) is 0.416. The minimum absolute atomic E-state index is 0.0121. The van der Waals surface area contributed by atoms with Gasteiger partial charge in [0.05, 0.1) is 0 Å². The third-order valence-corrected chi connectivity index (χ3v) is 7.05. The van der Waals surface area contributed by atoms with Crippen LogP contribution in [0, 0.1) is 35.0 Å². The highest BCUT2D eigenvalue weighted by molar-refractivity contribution is 9.11. The zero-order chi connectivity index (χ0) is 21.1. The van der Waals surface area contributed by atoms with Crippen LogP contribution >= 0.6 is 15.9 Å². The summed E-state index contributed by atoms with van der Waals surface area (Å²) in [6.45, 7) is 16.2.